The van der Waals surface area contributed by atoms with E-state index in [0.29, 0.717) is 17.1 Å². The van der Waals surface area contributed by atoms with Gasteiger partial charge in [0.2, 0.25) is 0 Å². The molecule has 0 saturated heterocycles. The molecule has 1 aromatic heterocycles. The van der Waals surface area contributed by atoms with E-state index in [1.165, 1.54) is 11.8 Å². The van der Waals surface area contributed by atoms with Crippen molar-refractivity contribution in [3.05, 3.63) is 56.6 Å². The molecule has 0 unspecified atom stereocenters. The van der Waals surface area contributed by atoms with E-state index in [4.69, 9.17) is 11.6 Å². The van der Waals surface area contributed by atoms with Crippen molar-refractivity contribution >= 4 is 17.3 Å². The molecule has 0 N–H and O–H groups in total. The van der Waals surface area contributed by atoms with Crippen LogP contribution in [-0.4, -0.2) is 14.5 Å². The lowest BCUT2D eigenvalue weighted by molar-refractivity contribution is -0.385. The third-order valence-corrected chi connectivity index (χ3v) is 4.08. The van der Waals surface area contributed by atoms with Crippen molar-refractivity contribution in [3.63, 3.8) is 0 Å². The zero-order valence-electron chi connectivity index (χ0n) is 10.9. The zero-order valence-corrected chi connectivity index (χ0v) is 11.6. The number of fused-ring (bicyclic) bond motifs is 1. The van der Waals surface area contributed by atoms with Gasteiger partial charge in [-0.1, -0.05) is 17.7 Å². The van der Waals surface area contributed by atoms with E-state index in [1.807, 2.05) is 4.57 Å². The van der Waals surface area contributed by atoms with Crippen molar-refractivity contribution in [2.75, 3.05) is 0 Å². The number of hydrogen-bond acceptors (Lipinski definition) is 3. The third kappa shape index (κ3) is 2.29. The van der Waals surface area contributed by atoms with Gasteiger partial charge in [0.05, 0.1) is 34.1 Å². The molecule has 0 bridgehead atoms. The molecule has 104 valence electrons. The first-order valence-corrected chi connectivity index (χ1v) is 6.99. The number of aromatic nitrogens is 2. The number of benzene rings is 1. The van der Waals surface area contributed by atoms with E-state index in [0.717, 1.165) is 31.4 Å². The van der Waals surface area contributed by atoms with Gasteiger partial charge in [0, 0.05) is 11.8 Å². The standard InChI is InChI=1S/C14H14ClN3O2/c15-11-4-3-7-13(18(19)20)10(11)8-17-9-16-12-5-1-2-6-14(12)17/h3-4,7,9H,1-2,5-6,8H2. The van der Waals surface area contributed by atoms with Crippen LogP contribution in [0.15, 0.2) is 24.5 Å². The van der Waals surface area contributed by atoms with Gasteiger partial charge in [0.15, 0.2) is 0 Å². The molecule has 0 saturated carbocycles. The number of halogens is 1. The van der Waals surface area contributed by atoms with Crippen LogP contribution in [0.1, 0.15) is 29.8 Å². The first kappa shape index (κ1) is 13.1. The average Bonchev–Trinajstić information content (AvgIpc) is 2.84. The predicted molar refractivity (Wildman–Crippen MR) is 76.1 cm³/mol. The van der Waals surface area contributed by atoms with Crippen molar-refractivity contribution in [2.45, 2.75) is 32.2 Å². The highest BCUT2D eigenvalue weighted by Crippen LogP contribution is 2.29. The quantitative estimate of drug-likeness (QED) is 0.643. The molecular formula is C14H14ClN3O2. The Morgan fingerprint density at radius 1 is 1.35 bits per heavy atom. The molecule has 0 spiro atoms. The molecule has 2 aromatic rings. The molecule has 0 amide bonds. The Morgan fingerprint density at radius 2 is 2.15 bits per heavy atom. The summed E-state index contributed by atoms with van der Waals surface area (Å²) >= 11 is 6.14. The highest BCUT2D eigenvalue weighted by molar-refractivity contribution is 6.31. The van der Waals surface area contributed by atoms with Gasteiger partial charge in [-0.2, -0.15) is 0 Å². The number of imidazole rings is 1. The molecule has 1 heterocycles. The van der Waals surface area contributed by atoms with E-state index >= 15 is 0 Å². The summed E-state index contributed by atoms with van der Waals surface area (Å²) in [5, 5.41) is 11.5. The van der Waals surface area contributed by atoms with Gasteiger partial charge in [-0.25, -0.2) is 4.98 Å². The molecule has 6 heteroatoms. The Hall–Kier alpha value is -1.88. The Kier molecular flexibility index (Phi) is 3.44. The molecule has 5 nitrogen and oxygen atoms in total. The number of hydrogen-bond donors (Lipinski definition) is 0. The summed E-state index contributed by atoms with van der Waals surface area (Å²) in [5.74, 6) is 0. The van der Waals surface area contributed by atoms with Gasteiger partial charge in [-0.15, -0.1) is 0 Å². The van der Waals surface area contributed by atoms with Crippen LogP contribution in [0, 0.1) is 10.1 Å². The molecular weight excluding hydrogens is 278 g/mol. The van der Waals surface area contributed by atoms with Gasteiger partial charge in [0.1, 0.15) is 0 Å². The van der Waals surface area contributed by atoms with Crippen molar-refractivity contribution in [1.82, 2.24) is 9.55 Å². The van der Waals surface area contributed by atoms with Gasteiger partial charge in [0.25, 0.3) is 5.69 Å². The lowest BCUT2D eigenvalue weighted by atomic mass is 10.0. The number of rotatable bonds is 3. The lowest BCUT2D eigenvalue weighted by Gasteiger charge is -2.14. The van der Waals surface area contributed by atoms with Crippen LogP contribution in [0.25, 0.3) is 0 Å². The van der Waals surface area contributed by atoms with Gasteiger partial charge in [-0.05, 0) is 31.7 Å². The summed E-state index contributed by atoms with van der Waals surface area (Å²) in [5.41, 5.74) is 2.91. The molecule has 0 fully saturated rings. The SMILES string of the molecule is O=[N+]([O-])c1cccc(Cl)c1Cn1cnc2c1CCCC2. The van der Waals surface area contributed by atoms with Gasteiger partial charge in [-0.3, -0.25) is 10.1 Å². The summed E-state index contributed by atoms with van der Waals surface area (Å²) in [4.78, 5) is 15.1. The van der Waals surface area contributed by atoms with Crippen molar-refractivity contribution in [1.29, 1.82) is 0 Å². The second kappa shape index (κ2) is 5.25. The van der Waals surface area contributed by atoms with Crippen LogP contribution in [0.5, 0.6) is 0 Å². The van der Waals surface area contributed by atoms with E-state index in [2.05, 4.69) is 4.98 Å². The second-order valence-electron chi connectivity index (χ2n) is 4.97. The monoisotopic (exact) mass is 291 g/mol. The molecule has 20 heavy (non-hydrogen) atoms. The lowest BCUT2D eigenvalue weighted by Crippen LogP contribution is -2.10. The fourth-order valence-electron chi connectivity index (χ4n) is 2.71. The highest BCUT2D eigenvalue weighted by Gasteiger charge is 2.20. The fourth-order valence-corrected chi connectivity index (χ4v) is 2.94. The maximum Gasteiger partial charge on any atom is 0.275 e. The van der Waals surface area contributed by atoms with Crippen molar-refractivity contribution < 1.29 is 4.92 Å². The number of aryl methyl sites for hydroxylation is 1. The Balaban J connectivity index is 1.99. The maximum atomic E-state index is 11.1. The van der Waals surface area contributed by atoms with Crippen LogP contribution >= 0.6 is 11.6 Å². The Bertz CT molecular complexity index is 666. The number of nitro groups is 1. The predicted octanol–water partition coefficient (Wildman–Crippen LogP) is 3.37. The summed E-state index contributed by atoms with van der Waals surface area (Å²) in [6.45, 7) is 0.401. The Morgan fingerprint density at radius 3 is 2.95 bits per heavy atom. The maximum absolute atomic E-state index is 11.1. The summed E-state index contributed by atoms with van der Waals surface area (Å²) < 4.78 is 1.99. The van der Waals surface area contributed by atoms with Gasteiger partial charge < -0.3 is 4.57 Å². The zero-order chi connectivity index (χ0) is 14.1. The van der Waals surface area contributed by atoms with E-state index in [1.54, 1.807) is 18.5 Å². The van der Waals surface area contributed by atoms with Crippen LogP contribution in [0.2, 0.25) is 5.02 Å². The molecule has 1 aliphatic rings. The van der Waals surface area contributed by atoms with Gasteiger partial charge >= 0.3 is 0 Å². The minimum Gasteiger partial charge on any atom is -0.330 e. The Labute approximate surface area is 121 Å². The normalized spacial score (nSPS) is 14.1. The topological polar surface area (TPSA) is 61.0 Å². The smallest absolute Gasteiger partial charge is 0.275 e. The highest BCUT2D eigenvalue weighted by atomic mass is 35.5. The minimum absolute atomic E-state index is 0.0655. The largest absolute Gasteiger partial charge is 0.330 e. The number of nitro benzene ring substituents is 1. The minimum atomic E-state index is -0.384. The first-order valence-electron chi connectivity index (χ1n) is 6.61. The van der Waals surface area contributed by atoms with E-state index in [9.17, 15) is 10.1 Å². The van der Waals surface area contributed by atoms with E-state index in [-0.39, 0.29) is 10.6 Å². The van der Waals surface area contributed by atoms with Crippen molar-refractivity contribution in [2.24, 2.45) is 0 Å². The van der Waals surface area contributed by atoms with Crippen LogP contribution in [0.3, 0.4) is 0 Å². The molecule has 0 radical (unpaired) electrons. The first-order chi connectivity index (χ1) is 9.66. The third-order valence-electron chi connectivity index (χ3n) is 3.73. The summed E-state index contributed by atoms with van der Waals surface area (Å²) in [6, 6.07) is 4.78. The summed E-state index contributed by atoms with van der Waals surface area (Å²) in [6.07, 6.45) is 6.04. The molecule has 3 rings (SSSR count). The molecule has 1 aliphatic carbocycles. The van der Waals surface area contributed by atoms with Crippen LogP contribution < -0.4 is 0 Å². The molecule has 1 aromatic carbocycles. The van der Waals surface area contributed by atoms with Crippen LogP contribution in [0.4, 0.5) is 5.69 Å². The van der Waals surface area contributed by atoms with Crippen LogP contribution in [-0.2, 0) is 19.4 Å². The number of nitrogens with zero attached hydrogens (tertiary/aromatic N) is 3. The fraction of sp³-hybridized carbons (Fsp3) is 0.357. The average molecular weight is 292 g/mol. The molecule has 0 atom stereocenters. The second-order valence-corrected chi connectivity index (χ2v) is 5.37. The van der Waals surface area contributed by atoms with Crippen molar-refractivity contribution in [3.8, 4) is 0 Å². The van der Waals surface area contributed by atoms with E-state index < -0.39 is 0 Å². The molecule has 0 aliphatic heterocycles. The summed E-state index contributed by atoms with van der Waals surface area (Å²) in [7, 11) is 0.